The van der Waals surface area contributed by atoms with Gasteiger partial charge in [-0.3, -0.25) is 9.69 Å². The van der Waals surface area contributed by atoms with Crippen molar-refractivity contribution in [2.45, 2.75) is 44.7 Å². The maximum Gasteiger partial charge on any atom is 0.240 e. The van der Waals surface area contributed by atoms with Gasteiger partial charge in [0.1, 0.15) is 6.04 Å². The largest absolute Gasteiger partial charge is 0.347 e. The van der Waals surface area contributed by atoms with Gasteiger partial charge in [-0.25, -0.2) is 0 Å². The van der Waals surface area contributed by atoms with Crippen LogP contribution in [-0.4, -0.2) is 61.5 Å². The van der Waals surface area contributed by atoms with E-state index in [-0.39, 0.29) is 11.9 Å². The Bertz CT molecular complexity index is 293. The highest BCUT2D eigenvalue weighted by Crippen LogP contribution is 2.29. The van der Waals surface area contributed by atoms with Crippen LogP contribution in [0.2, 0.25) is 0 Å². The fourth-order valence-electron chi connectivity index (χ4n) is 3.39. The molecule has 104 valence electrons. The molecule has 0 radical (unpaired) electrons. The van der Waals surface area contributed by atoms with Gasteiger partial charge in [-0.1, -0.05) is 19.8 Å². The minimum absolute atomic E-state index is 0.0454. The van der Waals surface area contributed by atoms with Crippen molar-refractivity contribution in [2.24, 2.45) is 5.92 Å². The van der Waals surface area contributed by atoms with Crippen molar-refractivity contribution in [3.63, 3.8) is 0 Å². The van der Waals surface area contributed by atoms with Crippen LogP contribution in [0.25, 0.3) is 0 Å². The van der Waals surface area contributed by atoms with Crippen LogP contribution in [0.1, 0.15) is 32.6 Å². The first-order valence-corrected chi connectivity index (χ1v) is 7.27. The number of piperazine rings is 1. The molecular formula is C14H27N3O. The van der Waals surface area contributed by atoms with E-state index in [1.165, 1.54) is 25.7 Å². The second-order valence-corrected chi connectivity index (χ2v) is 6.12. The van der Waals surface area contributed by atoms with Gasteiger partial charge in [0.15, 0.2) is 0 Å². The molecule has 4 heteroatoms. The molecule has 2 fully saturated rings. The van der Waals surface area contributed by atoms with Gasteiger partial charge in [0.05, 0.1) is 0 Å². The Morgan fingerprint density at radius 2 is 2.11 bits per heavy atom. The normalized spacial score (nSPS) is 34.3. The first-order chi connectivity index (χ1) is 8.59. The first-order valence-electron chi connectivity index (χ1n) is 7.27. The SMILES string of the molecule is CC1CCCC(N2CCNCC2C(=O)N(C)C)C1. The Morgan fingerprint density at radius 1 is 1.33 bits per heavy atom. The van der Waals surface area contributed by atoms with Crippen molar-refractivity contribution >= 4 is 5.91 Å². The Balaban J connectivity index is 2.05. The van der Waals surface area contributed by atoms with Crippen molar-refractivity contribution < 1.29 is 4.79 Å². The van der Waals surface area contributed by atoms with E-state index in [4.69, 9.17) is 0 Å². The molecule has 4 nitrogen and oxygen atoms in total. The molecule has 18 heavy (non-hydrogen) atoms. The number of nitrogens with zero attached hydrogens (tertiary/aromatic N) is 2. The molecule has 0 aromatic rings. The lowest BCUT2D eigenvalue weighted by atomic mass is 9.85. The lowest BCUT2D eigenvalue weighted by molar-refractivity contribution is -0.136. The number of hydrogen-bond donors (Lipinski definition) is 1. The Hall–Kier alpha value is -0.610. The van der Waals surface area contributed by atoms with Crippen LogP contribution in [0.15, 0.2) is 0 Å². The van der Waals surface area contributed by atoms with Crippen molar-refractivity contribution in [3.05, 3.63) is 0 Å². The van der Waals surface area contributed by atoms with Crippen LogP contribution in [0.5, 0.6) is 0 Å². The molecule has 1 saturated heterocycles. The fourth-order valence-corrected chi connectivity index (χ4v) is 3.39. The second-order valence-electron chi connectivity index (χ2n) is 6.12. The maximum absolute atomic E-state index is 12.3. The first kappa shape index (κ1) is 13.8. The Labute approximate surface area is 111 Å². The summed E-state index contributed by atoms with van der Waals surface area (Å²) in [7, 11) is 3.72. The van der Waals surface area contributed by atoms with Crippen LogP contribution in [0, 0.1) is 5.92 Å². The number of nitrogens with one attached hydrogen (secondary N) is 1. The number of hydrogen-bond acceptors (Lipinski definition) is 3. The van der Waals surface area contributed by atoms with Gasteiger partial charge in [0.25, 0.3) is 0 Å². The van der Waals surface area contributed by atoms with Gasteiger partial charge < -0.3 is 10.2 Å². The molecule has 2 aliphatic rings. The highest BCUT2D eigenvalue weighted by molar-refractivity contribution is 5.81. The predicted molar refractivity (Wildman–Crippen MR) is 73.5 cm³/mol. The fraction of sp³-hybridized carbons (Fsp3) is 0.929. The summed E-state index contributed by atoms with van der Waals surface area (Å²) < 4.78 is 0. The van der Waals surface area contributed by atoms with Crippen molar-refractivity contribution in [2.75, 3.05) is 33.7 Å². The van der Waals surface area contributed by atoms with Crippen molar-refractivity contribution in [1.82, 2.24) is 15.1 Å². The zero-order chi connectivity index (χ0) is 13.1. The van der Waals surface area contributed by atoms with Crippen LogP contribution in [-0.2, 0) is 4.79 Å². The van der Waals surface area contributed by atoms with E-state index in [1.807, 2.05) is 14.1 Å². The topological polar surface area (TPSA) is 35.6 Å². The van der Waals surface area contributed by atoms with E-state index in [2.05, 4.69) is 17.1 Å². The molecule has 1 heterocycles. The quantitative estimate of drug-likeness (QED) is 0.795. The molecular weight excluding hydrogens is 226 g/mol. The van der Waals surface area contributed by atoms with E-state index in [1.54, 1.807) is 4.90 Å². The molecule has 0 spiro atoms. The van der Waals surface area contributed by atoms with E-state index < -0.39 is 0 Å². The van der Waals surface area contributed by atoms with Crippen LogP contribution in [0.3, 0.4) is 0 Å². The average molecular weight is 253 g/mol. The zero-order valence-corrected chi connectivity index (χ0v) is 12.0. The minimum atomic E-state index is 0.0454. The highest BCUT2D eigenvalue weighted by atomic mass is 16.2. The van der Waals surface area contributed by atoms with Gasteiger partial charge in [-0.15, -0.1) is 0 Å². The van der Waals surface area contributed by atoms with Crippen LogP contribution in [0.4, 0.5) is 0 Å². The summed E-state index contributed by atoms with van der Waals surface area (Å²) in [6.45, 7) is 5.18. The lowest BCUT2D eigenvalue weighted by Crippen LogP contribution is -2.61. The molecule has 3 atom stereocenters. The predicted octanol–water partition coefficient (Wildman–Crippen LogP) is 0.927. The molecule has 1 aliphatic carbocycles. The molecule has 3 unspecified atom stereocenters. The van der Waals surface area contributed by atoms with Gasteiger partial charge >= 0.3 is 0 Å². The molecule has 1 amide bonds. The number of carbonyl (C=O) groups excluding carboxylic acids is 1. The molecule has 0 bridgehead atoms. The highest BCUT2D eigenvalue weighted by Gasteiger charge is 2.35. The van der Waals surface area contributed by atoms with E-state index >= 15 is 0 Å². The van der Waals surface area contributed by atoms with E-state index in [0.29, 0.717) is 6.04 Å². The third-order valence-corrected chi connectivity index (χ3v) is 4.39. The molecule has 0 aromatic carbocycles. The third kappa shape index (κ3) is 3.04. The lowest BCUT2D eigenvalue weighted by Gasteiger charge is -2.44. The van der Waals surface area contributed by atoms with E-state index in [9.17, 15) is 4.79 Å². The molecule has 2 rings (SSSR count). The number of likely N-dealkylation sites (N-methyl/N-ethyl adjacent to an activating group) is 1. The van der Waals surface area contributed by atoms with E-state index in [0.717, 1.165) is 25.6 Å². The molecule has 1 N–H and O–H groups in total. The second kappa shape index (κ2) is 6.02. The van der Waals surface area contributed by atoms with Crippen LogP contribution < -0.4 is 5.32 Å². The smallest absolute Gasteiger partial charge is 0.240 e. The maximum atomic E-state index is 12.3. The summed E-state index contributed by atoms with van der Waals surface area (Å²) in [6, 6.07) is 0.661. The Morgan fingerprint density at radius 3 is 2.78 bits per heavy atom. The number of carbonyl (C=O) groups is 1. The summed E-state index contributed by atoms with van der Waals surface area (Å²) in [5, 5.41) is 3.36. The van der Waals surface area contributed by atoms with Gasteiger partial charge in [0, 0.05) is 39.8 Å². The monoisotopic (exact) mass is 253 g/mol. The summed E-state index contributed by atoms with van der Waals surface area (Å²) in [6.07, 6.45) is 5.20. The van der Waals surface area contributed by atoms with Gasteiger partial charge in [-0.05, 0) is 18.8 Å². The molecule has 0 aromatic heterocycles. The van der Waals surface area contributed by atoms with Gasteiger partial charge in [-0.2, -0.15) is 0 Å². The minimum Gasteiger partial charge on any atom is -0.347 e. The third-order valence-electron chi connectivity index (χ3n) is 4.39. The standard InChI is InChI=1S/C14H27N3O/c1-11-5-4-6-12(9-11)17-8-7-15-10-13(17)14(18)16(2)3/h11-13,15H,4-10H2,1-3H3. The number of rotatable bonds is 2. The zero-order valence-electron chi connectivity index (χ0n) is 12.0. The average Bonchev–Trinajstić information content (AvgIpc) is 2.38. The Kier molecular flexibility index (Phi) is 4.62. The van der Waals surface area contributed by atoms with Gasteiger partial charge in [0.2, 0.25) is 5.91 Å². The summed E-state index contributed by atoms with van der Waals surface area (Å²) in [4.78, 5) is 16.5. The molecule has 1 saturated carbocycles. The summed E-state index contributed by atoms with van der Waals surface area (Å²) in [5.74, 6) is 1.06. The summed E-state index contributed by atoms with van der Waals surface area (Å²) in [5.41, 5.74) is 0. The van der Waals surface area contributed by atoms with Crippen molar-refractivity contribution in [1.29, 1.82) is 0 Å². The number of amides is 1. The van der Waals surface area contributed by atoms with Crippen LogP contribution >= 0.6 is 0 Å². The summed E-state index contributed by atoms with van der Waals surface area (Å²) >= 11 is 0. The molecule has 1 aliphatic heterocycles. The van der Waals surface area contributed by atoms with Crippen molar-refractivity contribution in [3.8, 4) is 0 Å².